The molecule has 1 aromatic carbocycles. The van der Waals surface area contributed by atoms with Gasteiger partial charge in [-0.3, -0.25) is 4.79 Å². The minimum Gasteiger partial charge on any atom is -0.497 e. The molecule has 2 fully saturated rings. The van der Waals surface area contributed by atoms with Gasteiger partial charge in [-0.15, -0.1) is 6.58 Å². The molecular weight excluding hydrogens is 412 g/mol. The van der Waals surface area contributed by atoms with Gasteiger partial charge in [-0.25, -0.2) is 0 Å². The van der Waals surface area contributed by atoms with E-state index in [9.17, 15) is 4.79 Å². The number of hydrogen-bond donors (Lipinski definition) is 0. The van der Waals surface area contributed by atoms with Crippen LogP contribution in [0.2, 0.25) is 18.1 Å². The zero-order valence-corrected chi connectivity index (χ0v) is 22.2. The van der Waals surface area contributed by atoms with Crippen LogP contribution < -0.4 is 4.74 Å². The third-order valence-electron chi connectivity index (χ3n) is 9.64. The number of ketones is 1. The maximum Gasteiger partial charge on any atom is 0.192 e. The largest absolute Gasteiger partial charge is 0.497 e. The second-order valence-electron chi connectivity index (χ2n) is 12.2. The van der Waals surface area contributed by atoms with Gasteiger partial charge in [0.05, 0.1) is 13.2 Å². The summed E-state index contributed by atoms with van der Waals surface area (Å²) in [4.78, 5) is 13.7. The predicted octanol–water partition coefficient (Wildman–Crippen LogP) is 7.38. The molecule has 4 unspecified atom stereocenters. The van der Waals surface area contributed by atoms with E-state index in [-0.39, 0.29) is 22.2 Å². The summed E-state index contributed by atoms with van der Waals surface area (Å²) in [6, 6.07) is 6.16. The third-order valence-corrected chi connectivity index (χ3v) is 14.1. The zero-order valence-electron chi connectivity index (χ0n) is 21.2. The molecule has 0 N–H and O–H groups in total. The molecule has 0 radical (unpaired) electrons. The lowest BCUT2D eigenvalue weighted by Gasteiger charge is -2.54. The van der Waals surface area contributed by atoms with Gasteiger partial charge in [0.15, 0.2) is 14.1 Å². The van der Waals surface area contributed by atoms with E-state index in [0.717, 1.165) is 30.6 Å². The molecule has 4 rings (SSSR count). The average molecular weight is 455 g/mol. The monoisotopic (exact) mass is 454 g/mol. The molecule has 1 aromatic rings. The predicted molar refractivity (Wildman–Crippen MR) is 134 cm³/mol. The summed E-state index contributed by atoms with van der Waals surface area (Å²) >= 11 is 0. The van der Waals surface area contributed by atoms with Gasteiger partial charge in [0.25, 0.3) is 0 Å². The molecule has 0 heterocycles. The molecule has 2 saturated carbocycles. The minimum absolute atomic E-state index is 0.0216. The highest BCUT2D eigenvalue weighted by molar-refractivity contribution is 6.74. The molecule has 3 aliphatic rings. The number of methoxy groups -OCH3 is 1. The van der Waals surface area contributed by atoms with Crippen LogP contribution in [-0.2, 0) is 4.43 Å². The molecule has 0 amide bonds. The maximum absolute atomic E-state index is 13.7. The van der Waals surface area contributed by atoms with Crippen LogP contribution in [0.3, 0.4) is 0 Å². The zero-order chi connectivity index (χ0) is 23.5. The van der Waals surface area contributed by atoms with Crippen molar-refractivity contribution in [3.63, 3.8) is 0 Å². The van der Waals surface area contributed by atoms with Gasteiger partial charge in [-0.1, -0.05) is 39.8 Å². The Hall–Kier alpha value is -1.39. The van der Waals surface area contributed by atoms with Crippen LogP contribution in [0.1, 0.15) is 81.6 Å². The molecule has 4 heteroatoms. The Kier molecular flexibility index (Phi) is 6.03. The highest BCUT2D eigenvalue weighted by atomic mass is 28.4. The molecular formula is C28H42O3Si. The summed E-state index contributed by atoms with van der Waals surface area (Å²) in [5.41, 5.74) is 2.28. The summed E-state index contributed by atoms with van der Waals surface area (Å²) in [5, 5.41) is 0.211. The number of carbonyl (C=O) groups excluding carboxylic acids is 1. The van der Waals surface area contributed by atoms with Gasteiger partial charge < -0.3 is 9.16 Å². The van der Waals surface area contributed by atoms with Crippen molar-refractivity contribution in [1.29, 1.82) is 0 Å². The smallest absolute Gasteiger partial charge is 0.192 e. The molecule has 3 nitrogen and oxygen atoms in total. The van der Waals surface area contributed by atoms with E-state index in [2.05, 4.69) is 53.4 Å². The SMILES string of the molecule is C=CCC1C(=O)c2cc(OC)ccc2C2CC[C@@]3(C)C(CC[C@@H]3O[Si](C)(C)C(C)(C)C)C12. The molecule has 3 aliphatic carbocycles. The first-order chi connectivity index (χ1) is 14.9. The lowest BCUT2D eigenvalue weighted by molar-refractivity contribution is -0.0282. The topological polar surface area (TPSA) is 35.5 Å². The van der Waals surface area contributed by atoms with Gasteiger partial charge >= 0.3 is 0 Å². The second-order valence-corrected chi connectivity index (χ2v) is 17.0. The molecule has 0 aliphatic heterocycles. The Bertz CT molecular complexity index is 898. The van der Waals surface area contributed by atoms with Gasteiger partial charge in [0.2, 0.25) is 0 Å². The molecule has 0 saturated heterocycles. The lowest BCUT2D eigenvalue weighted by atomic mass is 9.52. The number of ether oxygens (including phenoxy) is 1. The fourth-order valence-electron chi connectivity index (χ4n) is 6.81. The highest BCUT2D eigenvalue weighted by Crippen LogP contribution is 2.64. The van der Waals surface area contributed by atoms with E-state index in [1.807, 2.05) is 18.2 Å². The van der Waals surface area contributed by atoms with E-state index >= 15 is 0 Å². The number of hydrogen-bond acceptors (Lipinski definition) is 3. The van der Waals surface area contributed by atoms with Crippen LogP contribution in [0.5, 0.6) is 5.75 Å². The van der Waals surface area contributed by atoms with Crippen molar-refractivity contribution in [3.05, 3.63) is 42.0 Å². The Morgan fingerprint density at radius 2 is 1.94 bits per heavy atom. The van der Waals surface area contributed by atoms with Crippen LogP contribution in [0.25, 0.3) is 0 Å². The van der Waals surface area contributed by atoms with Gasteiger partial charge in [-0.05, 0) is 91.1 Å². The van der Waals surface area contributed by atoms with Crippen LogP contribution in [0.15, 0.2) is 30.9 Å². The van der Waals surface area contributed by atoms with Crippen LogP contribution >= 0.6 is 0 Å². The summed E-state index contributed by atoms with van der Waals surface area (Å²) in [6.07, 6.45) is 7.64. The standard InChI is InChI=1S/C28H42O3Si/c1-9-10-21-25-20(19-12-11-18(30-6)17-22(19)26(21)29)15-16-28(5)23(25)13-14-24(28)31-32(7,8)27(2,3)4/h9,11-12,17,20-21,23-25H,1,10,13-16H2,2-8H3/t20?,21?,23?,24-,25?,28-/m0/s1. The molecule has 32 heavy (non-hydrogen) atoms. The second kappa shape index (κ2) is 8.13. The quantitative estimate of drug-likeness (QED) is 0.344. The number of Topliss-reactive ketones (excluding diaryl/α,β-unsaturated/α-hetero) is 1. The van der Waals surface area contributed by atoms with E-state index in [1.54, 1.807) is 7.11 Å². The number of rotatable bonds is 5. The normalized spacial score (nSPS) is 34.5. The first-order valence-electron chi connectivity index (χ1n) is 12.5. The first kappa shape index (κ1) is 23.8. The van der Waals surface area contributed by atoms with E-state index < -0.39 is 8.32 Å². The van der Waals surface area contributed by atoms with Crippen molar-refractivity contribution in [1.82, 2.24) is 0 Å². The summed E-state index contributed by atoms with van der Waals surface area (Å²) in [6.45, 7) is 18.2. The number of allylic oxidation sites excluding steroid dienone is 1. The van der Waals surface area contributed by atoms with Crippen molar-refractivity contribution in [2.45, 2.75) is 90.0 Å². The molecule has 0 aromatic heterocycles. The van der Waals surface area contributed by atoms with Crippen molar-refractivity contribution in [2.24, 2.45) is 23.2 Å². The van der Waals surface area contributed by atoms with Crippen LogP contribution in [-0.4, -0.2) is 27.3 Å². The van der Waals surface area contributed by atoms with Crippen molar-refractivity contribution >= 4 is 14.1 Å². The van der Waals surface area contributed by atoms with Crippen LogP contribution in [0, 0.1) is 23.2 Å². The lowest BCUT2D eigenvalue weighted by Crippen LogP contribution is -2.52. The Balaban J connectivity index is 1.71. The van der Waals surface area contributed by atoms with Gasteiger partial charge in [0, 0.05) is 11.5 Å². The maximum atomic E-state index is 13.7. The molecule has 0 spiro atoms. The fraction of sp³-hybridized carbons (Fsp3) is 0.679. The molecule has 176 valence electrons. The van der Waals surface area contributed by atoms with E-state index in [0.29, 0.717) is 23.9 Å². The van der Waals surface area contributed by atoms with E-state index in [4.69, 9.17) is 9.16 Å². The van der Waals surface area contributed by atoms with Gasteiger partial charge in [-0.2, -0.15) is 0 Å². The number of benzene rings is 1. The van der Waals surface area contributed by atoms with Crippen molar-refractivity contribution < 1.29 is 14.0 Å². The molecule has 6 atom stereocenters. The summed E-state index contributed by atoms with van der Waals surface area (Å²) in [5.74, 6) is 2.44. The first-order valence-corrected chi connectivity index (χ1v) is 15.4. The average Bonchev–Trinajstić information content (AvgIpc) is 3.05. The van der Waals surface area contributed by atoms with Crippen LogP contribution in [0.4, 0.5) is 0 Å². The summed E-state index contributed by atoms with van der Waals surface area (Å²) < 4.78 is 12.5. The summed E-state index contributed by atoms with van der Waals surface area (Å²) in [7, 11) is -0.175. The number of carbonyl (C=O) groups is 1. The van der Waals surface area contributed by atoms with Crippen molar-refractivity contribution in [2.75, 3.05) is 7.11 Å². The number of fused-ring (bicyclic) bond motifs is 5. The Labute approximate surface area is 196 Å². The van der Waals surface area contributed by atoms with Gasteiger partial charge in [0.1, 0.15) is 5.75 Å². The fourth-order valence-corrected chi connectivity index (χ4v) is 8.27. The Morgan fingerprint density at radius 1 is 1.22 bits per heavy atom. The molecule has 0 bridgehead atoms. The van der Waals surface area contributed by atoms with E-state index in [1.165, 1.54) is 18.4 Å². The van der Waals surface area contributed by atoms with Crippen molar-refractivity contribution in [3.8, 4) is 5.75 Å². The highest BCUT2D eigenvalue weighted by Gasteiger charge is 2.59. The minimum atomic E-state index is -1.85. The Morgan fingerprint density at radius 3 is 2.56 bits per heavy atom. The third kappa shape index (κ3) is 3.62.